The van der Waals surface area contributed by atoms with E-state index < -0.39 is 34.2 Å². The maximum absolute atomic E-state index is 13.1. The molecule has 0 aromatic heterocycles. The summed E-state index contributed by atoms with van der Waals surface area (Å²) in [4.78, 5) is 26.3. The fraction of sp³-hybridized carbons (Fsp3) is 0.391. The number of carboxylic acid groups (broad SMARTS) is 1. The van der Waals surface area contributed by atoms with E-state index in [2.05, 4.69) is 5.32 Å². The summed E-state index contributed by atoms with van der Waals surface area (Å²) < 4.78 is 27.6. The highest BCUT2D eigenvalue weighted by Gasteiger charge is 2.52. The Balaban J connectivity index is 1.54. The van der Waals surface area contributed by atoms with Crippen molar-refractivity contribution in [3.8, 4) is 0 Å². The van der Waals surface area contributed by atoms with Crippen molar-refractivity contribution in [2.24, 2.45) is 0 Å². The Kier molecular flexibility index (Phi) is 6.07. The molecule has 0 bridgehead atoms. The molecule has 170 valence electrons. The van der Waals surface area contributed by atoms with E-state index in [1.54, 1.807) is 18.2 Å². The molecule has 32 heavy (non-hydrogen) atoms. The predicted molar refractivity (Wildman–Crippen MR) is 118 cm³/mol. The number of nitrogens with zero attached hydrogens (tertiary/aromatic N) is 2. The molecule has 0 saturated carbocycles. The molecule has 2 N–H and O–H groups in total. The van der Waals surface area contributed by atoms with Crippen LogP contribution in [0.5, 0.6) is 0 Å². The lowest BCUT2D eigenvalue weighted by Crippen LogP contribution is -2.60. The topological polar surface area (TPSA) is 107 Å². The third kappa shape index (κ3) is 4.28. The Hall–Kier alpha value is -2.75. The number of carboxylic acids is 1. The molecule has 4 rings (SSSR count). The van der Waals surface area contributed by atoms with Crippen LogP contribution in [0.25, 0.3) is 0 Å². The van der Waals surface area contributed by atoms with E-state index >= 15 is 0 Å². The number of aliphatic carboxylic acids is 1. The molecule has 1 amide bonds. The molecular weight excluding hydrogens is 430 g/mol. The largest absolute Gasteiger partial charge is 0.480 e. The number of carbonyl (C=O) groups is 2. The summed E-state index contributed by atoms with van der Waals surface area (Å²) in [5.74, 6) is -1.35. The van der Waals surface area contributed by atoms with E-state index in [-0.39, 0.29) is 23.9 Å². The molecule has 2 fully saturated rings. The van der Waals surface area contributed by atoms with Gasteiger partial charge >= 0.3 is 5.97 Å². The van der Waals surface area contributed by atoms with E-state index in [4.69, 9.17) is 0 Å². The number of aryl methyl sites for hydroxylation is 1. The first-order valence-electron chi connectivity index (χ1n) is 10.6. The van der Waals surface area contributed by atoms with Gasteiger partial charge in [-0.15, -0.1) is 0 Å². The number of sulfonamides is 1. The second kappa shape index (κ2) is 8.65. The van der Waals surface area contributed by atoms with E-state index in [0.717, 1.165) is 11.1 Å². The Bertz CT molecular complexity index is 1110. The fourth-order valence-corrected chi connectivity index (χ4v) is 6.20. The first kappa shape index (κ1) is 22.4. The molecule has 2 saturated heterocycles. The first-order chi connectivity index (χ1) is 15.2. The molecule has 9 heteroatoms. The second-order valence-electron chi connectivity index (χ2n) is 8.46. The molecule has 8 nitrogen and oxygen atoms in total. The molecule has 1 atom stereocenters. The van der Waals surface area contributed by atoms with Crippen LogP contribution < -0.4 is 5.32 Å². The Morgan fingerprint density at radius 3 is 2.44 bits per heavy atom. The van der Waals surface area contributed by atoms with E-state index in [9.17, 15) is 23.1 Å². The zero-order chi connectivity index (χ0) is 22.9. The van der Waals surface area contributed by atoms with Gasteiger partial charge < -0.3 is 10.0 Å². The van der Waals surface area contributed by atoms with Crippen LogP contribution in [0.4, 0.5) is 0 Å². The number of rotatable bonds is 6. The number of piperidine rings is 1. The van der Waals surface area contributed by atoms with Crippen LogP contribution in [-0.4, -0.2) is 65.9 Å². The molecule has 2 aromatic carbocycles. The van der Waals surface area contributed by atoms with Crippen LogP contribution in [-0.2, 0) is 26.0 Å². The maximum atomic E-state index is 13.1. The summed E-state index contributed by atoms with van der Waals surface area (Å²) in [6.45, 7) is 1.83. The zero-order valence-corrected chi connectivity index (χ0v) is 18.7. The van der Waals surface area contributed by atoms with Crippen LogP contribution >= 0.6 is 0 Å². The highest BCUT2D eigenvalue weighted by atomic mass is 32.2. The van der Waals surface area contributed by atoms with Gasteiger partial charge in [-0.1, -0.05) is 42.5 Å². The van der Waals surface area contributed by atoms with Crippen molar-refractivity contribution in [3.05, 3.63) is 65.7 Å². The highest BCUT2D eigenvalue weighted by Crippen LogP contribution is 2.35. The molecule has 0 aliphatic carbocycles. The van der Waals surface area contributed by atoms with Gasteiger partial charge in [0, 0.05) is 13.1 Å². The molecule has 0 radical (unpaired) electrons. The van der Waals surface area contributed by atoms with Crippen LogP contribution in [0, 0.1) is 6.92 Å². The average Bonchev–Trinajstić information content (AvgIpc) is 3.00. The van der Waals surface area contributed by atoms with E-state index in [1.165, 1.54) is 9.21 Å². The number of amides is 1. The monoisotopic (exact) mass is 457 g/mol. The van der Waals surface area contributed by atoms with Gasteiger partial charge in [-0.25, -0.2) is 8.42 Å². The van der Waals surface area contributed by atoms with E-state index in [0.29, 0.717) is 19.3 Å². The molecule has 1 unspecified atom stereocenters. The lowest BCUT2D eigenvalue weighted by Gasteiger charge is -2.43. The molecule has 2 heterocycles. The lowest BCUT2D eigenvalue weighted by molar-refractivity contribution is -0.147. The molecule has 2 aromatic rings. The van der Waals surface area contributed by atoms with Gasteiger partial charge in [0.25, 0.3) is 0 Å². The molecule has 2 aliphatic rings. The molecule has 1 spiro atoms. The van der Waals surface area contributed by atoms with Gasteiger partial charge in [-0.2, -0.15) is 4.31 Å². The quantitative estimate of drug-likeness (QED) is 0.683. The van der Waals surface area contributed by atoms with E-state index in [1.807, 2.05) is 43.3 Å². The molecule has 2 aliphatic heterocycles. The van der Waals surface area contributed by atoms with Gasteiger partial charge in [0.2, 0.25) is 15.9 Å². The first-order valence-corrected chi connectivity index (χ1v) is 12.1. The number of nitrogens with one attached hydrogen (secondary N) is 1. The second-order valence-corrected chi connectivity index (χ2v) is 10.4. The normalized spacial score (nSPS) is 21.2. The number of hydrogen-bond donors (Lipinski definition) is 2. The SMILES string of the molecule is Cc1cccc(S(=O)(=O)N2CCC3(CC2)NC(Cc2ccccc2)C(=O)N3CC(=O)O)c1. The van der Waals surface area contributed by atoms with Crippen molar-refractivity contribution in [1.29, 1.82) is 0 Å². The number of hydrogen-bond acceptors (Lipinski definition) is 5. The van der Waals surface area contributed by atoms with Crippen LogP contribution in [0.3, 0.4) is 0 Å². The third-order valence-electron chi connectivity index (χ3n) is 6.28. The standard InChI is InChI=1S/C23H27N3O5S/c1-17-6-5-9-19(14-17)32(30,31)25-12-10-23(11-13-25)24-20(15-18-7-3-2-4-8-18)22(29)26(23)16-21(27)28/h2-9,14,20,24H,10-13,15-16H2,1H3,(H,27,28). The van der Waals surface area contributed by atoms with Crippen molar-refractivity contribution >= 4 is 21.9 Å². The molecular formula is C23H27N3O5S. The van der Waals surface area contributed by atoms with Gasteiger partial charge in [-0.3, -0.25) is 14.9 Å². The van der Waals surface area contributed by atoms with Gasteiger partial charge in [0.05, 0.1) is 16.6 Å². The summed E-state index contributed by atoms with van der Waals surface area (Å²) in [5, 5.41) is 12.8. The van der Waals surface area contributed by atoms with Gasteiger partial charge in [-0.05, 0) is 49.4 Å². The zero-order valence-electron chi connectivity index (χ0n) is 17.9. The third-order valence-corrected chi connectivity index (χ3v) is 8.17. The fourth-order valence-electron chi connectivity index (χ4n) is 4.65. The summed E-state index contributed by atoms with van der Waals surface area (Å²) >= 11 is 0. The number of carbonyl (C=O) groups excluding carboxylic acids is 1. The minimum atomic E-state index is -3.66. The van der Waals surface area contributed by atoms with Gasteiger partial charge in [0.15, 0.2) is 0 Å². The smallest absolute Gasteiger partial charge is 0.323 e. The minimum Gasteiger partial charge on any atom is -0.480 e. The highest BCUT2D eigenvalue weighted by molar-refractivity contribution is 7.89. The van der Waals surface area contributed by atoms with Crippen molar-refractivity contribution in [2.75, 3.05) is 19.6 Å². The van der Waals surface area contributed by atoms with Gasteiger partial charge in [0.1, 0.15) is 6.54 Å². The Morgan fingerprint density at radius 1 is 1.12 bits per heavy atom. The minimum absolute atomic E-state index is 0.199. The maximum Gasteiger partial charge on any atom is 0.323 e. The summed E-state index contributed by atoms with van der Waals surface area (Å²) in [6, 6.07) is 15.8. The summed E-state index contributed by atoms with van der Waals surface area (Å²) in [5.41, 5.74) is 0.970. The van der Waals surface area contributed by atoms with Crippen molar-refractivity contribution < 1.29 is 23.1 Å². The van der Waals surface area contributed by atoms with Crippen molar-refractivity contribution in [3.63, 3.8) is 0 Å². The number of benzene rings is 2. The Labute approximate surface area is 187 Å². The van der Waals surface area contributed by atoms with Crippen molar-refractivity contribution in [1.82, 2.24) is 14.5 Å². The van der Waals surface area contributed by atoms with Crippen LogP contribution in [0.15, 0.2) is 59.5 Å². The van der Waals surface area contributed by atoms with Crippen LogP contribution in [0.1, 0.15) is 24.0 Å². The lowest BCUT2D eigenvalue weighted by atomic mass is 9.97. The van der Waals surface area contributed by atoms with Crippen molar-refractivity contribution in [2.45, 2.75) is 42.8 Å². The summed E-state index contributed by atoms with van der Waals surface area (Å²) in [6.07, 6.45) is 1.09. The Morgan fingerprint density at radius 2 is 1.81 bits per heavy atom. The predicted octanol–water partition coefficient (Wildman–Crippen LogP) is 1.60. The average molecular weight is 458 g/mol. The van der Waals surface area contributed by atoms with Crippen LogP contribution in [0.2, 0.25) is 0 Å². The summed E-state index contributed by atoms with van der Waals surface area (Å²) in [7, 11) is -3.66.